The number of ether oxygens (including phenoxy) is 2. The molecule has 0 amide bonds. The summed E-state index contributed by atoms with van der Waals surface area (Å²) in [5.74, 6) is 0.222. The van der Waals surface area contributed by atoms with Crippen LogP contribution >= 0.6 is 0 Å². The molecule has 0 radical (unpaired) electrons. The zero-order chi connectivity index (χ0) is 26.1. The Morgan fingerprint density at radius 1 is 0.789 bits per heavy atom. The van der Waals surface area contributed by atoms with E-state index in [1.165, 1.54) is 12.7 Å². The van der Waals surface area contributed by atoms with Crippen LogP contribution in [0.1, 0.15) is 22.9 Å². The van der Waals surface area contributed by atoms with E-state index < -0.39 is 30.1 Å². The van der Waals surface area contributed by atoms with Crippen molar-refractivity contribution in [1.82, 2.24) is 19.5 Å². The lowest BCUT2D eigenvalue weighted by molar-refractivity contribution is -0.0942. The highest BCUT2D eigenvalue weighted by molar-refractivity contribution is 5.81. The van der Waals surface area contributed by atoms with E-state index in [1.54, 1.807) is 4.57 Å². The summed E-state index contributed by atoms with van der Waals surface area (Å²) in [5.41, 5.74) is 8.51. The number of aromatic nitrogens is 4. The van der Waals surface area contributed by atoms with Crippen molar-refractivity contribution in [1.29, 1.82) is 0 Å². The lowest BCUT2D eigenvalue weighted by atomic mass is 9.80. The predicted molar refractivity (Wildman–Crippen MR) is 141 cm³/mol. The summed E-state index contributed by atoms with van der Waals surface area (Å²) >= 11 is 0. The summed E-state index contributed by atoms with van der Waals surface area (Å²) in [6, 6.07) is 29.8. The number of nitrogen functional groups attached to an aromatic ring is 1. The molecule has 3 aromatic carbocycles. The van der Waals surface area contributed by atoms with Crippen molar-refractivity contribution in [3.8, 4) is 0 Å². The second-order valence-electron chi connectivity index (χ2n) is 9.22. The number of anilines is 1. The van der Waals surface area contributed by atoms with Crippen molar-refractivity contribution in [2.24, 2.45) is 0 Å². The van der Waals surface area contributed by atoms with Gasteiger partial charge in [-0.05, 0) is 16.7 Å². The van der Waals surface area contributed by atoms with Crippen LogP contribution in [0.5, 0.6) is 0 Å². The SMILES string of the molecule is Nc1ncnc2c1ncn2[C@@H]1O[C@H](COC(c2ccccc2)(c2ccccc2)c2ccccc2)[C@@H](O)[C@H]1O. The molecule has 192 valence electrons. The third-order valence-electron chi connectivity index (χ3n) is 7.00. The molecule has 9 heteroatoms. The van der Waals surface area contributed by atoms with Gasteiger partial charge in [-0.3, -0.25) is 4.57 Å². The first-order chi connectivity index (χ1) is 18.6. The Morgan fingerprint density at radius 2 is 1.34 bits per heavy atom. The van der Waals surface area contributed by atoms with E-state index in [-0.39, 0.29) is 12.4 Å². The maximum absolute atomic E-state index is 11.0. The molecule has 1 aliphatic rings. The average Bonchev–Trinajstić information content (AvgIpc) is 3.52. The van der Waals surface area contributed by atoms with Gasteiger partial charge in [0.15, 0.2) is 17.7 Å². The van der Waals surface area contributed by atoms with Gasteiger partial charge in [-0.2, -0.15) is 0 Å². The van der Waals surface area contributed by atoms with Crippen LogP contribution in [0, 0.1) is 0 Å². The normalized spacial score (nSPS) is 21.6. The molecule has 0 unspecified atom stereocenters. The van der Waals surface area contributed by atoms with Gasteiger partial charge in [0.05, 0.1) is 12.9 Å². The van der Waals surface area contributed by atoms with Gasteiger partial charge in [0.2, 0.25) is 0 Å². The van der Waals surface area contributed by atoms with Crippen molar-refractivity contribution in [3.05, 3.63) is 120 Å². The summed E-state index contributed by atoms with van der Waals surface area (Å²) in [5, 5.41) is 22.0. The van der Waals surface area contributed by atoms with E-state index in [9.17, 15) is 10.2 Å². The smallest absolute Gasteiger partial charge is 0.167 e. The van der Waals surface area contributed by atoms with Crippen LogP contribution in [-0.4, -0.2) is 54.7 Å². The number of hydrogen-bond acceptors (Lipinski definition) is 8. The third kappa shape index (κ3) is 4.02. The first-order valence-electron chi connectivity index (χ1n) is 12.3. The summed E-state index contributed by atoms with van der Waals surface area (Å²) in [6.07, 6.45) is -1.42. The Bertz CT molecular complexity index is 1420. The molecule has 4 atom stereocenters. The fraction of sp³-hybridized carbons (Fsp3) is 0.207. The molecule has 4 N–H and O–H groups in total. The van der Waals surface area contributed by atoms with Crippen LogP contribution in [0.25, 0.3) is 11.2 Å². The minimum atomic E-state index is -1.24. The van der Waals surface area contributed by atoms with Gasteiger partial charge in [-0.1, -0.05) is 91.0 Å². The van der Waals surface area contributed by atoms with E-state index in [0.29, 0.717) is 11.2 Å². The molecular formula is C29H27N5O4. The van der Waals surface area contributed by atoms with Crippen LogP contribution in [0.2, 0.25) is 0 Å². The Kier molecular flexibility index (Phi) is 6.34. The first-order valence-corrected chi connectivity index (χ1v) is 12.3. The van der Waals surface area contributed by atoms with Crippen molar-refractivity contribution >= 4 is 17.0 Å². The third-order valence-corrected chi connectivity index (χ3v) is 7.00. The number of benzene rings is 3. The number of nitrogens with zero attached hydrogens (tertiary/aromatic N) is 4. The van der Waals surface area contributed by atoms with Gasteiger partial charge >= 0.3 is 0 Å². The molecule has 0 saturated carbocycles. The van der Waals surface area contributed by atoms with Gasteiger partial charge in [0.25, 0.3) is 0 Å². The standard InChI is InChI=1S/C29H27N5O4/c30-26-23-27(32-17-31-26)34(18-33-23)28-25(36)24(35)22(38-28)16-37-29(19-10-4-1-5-11-19,20-12-6-2-7-13-20)21-14-8-3-9-15-21/h1-15,17-18,22,24-25,28,35-36H,16H2,(H2,30,31,32)/t22-,24-,25-,28-/m1/s1. The Balaban J connectivity index is 1.36. The molecule has 1 aliphatic heterocycles. The van der Waals surface area contributed by atoms with Gasteiger partial charge < -0.3 is 25.4 Å². The molecule has 2 aromatic heterocycles. The minimum absolute atomic E-state index is 0.00282. The monoisotopic (exact) mass is 509 g/mol. The number of aliphatic hydroxyl groups is 2. The van der Waals surface area contributed by atoms with Crippen molar-refractivity contribution in [3.63, 3.8) is 0 Å². The molecule has 1 fully saturated rings. The molecule has 0 spiro atoms. The van der Waals surface area contributed by atoms with Crippen LogP contribution in [0.3, 0.4) is 0 Å². The largest absolute Gasteiger partial charge is 0.387 e. The first kappa shape index (κ1) is 24.2. The van der Waals surface area contributed by atoms with Crippen LogP contribution < -0.4 is 5.73 Å². The van der Waals surface area contributed by atoms with E-state index in [2.05, 4.69) is 15.0 Å². The Morgan fingerprint density at radius 3 is 1.89 bits per heavy atom. The van der Waals surface area contributed by atoms with Crippen molar-refractivity contribution < 1.29 is 19.7 Å². The van der Waals surface area contributed by atoms with Crippen LogP contribution in [0.4, 0.5) is 5.82 Å². The number of aliphatic hydroxyl groups excluding tert-OH is 2. The van der Waals surface area contributed by atoms with Crippen molar-refractivity contribution in [2.75, 3.05) is 12.3 Å². The van der Waals surface area contributed by atoms with E-state index in [1.807, 2.05) is 91.0 Å². The Labute approximate surface area is 219 Å². The maximum atomic E-state index is 11.0. The predicted octanol–water partition coefficient (Wildman–Crippen LogP) is 3.04. The molecule has 38 heavy (non-hydrogen) atoms. The molecular weight excluding hydrogens is 482 g/mol. The summed E-state index contributed by atoms with van der Waals surface area (Å²) in [7, 11) is 0. The number of fused-ring (bicyclic) bond motifs is 1. The summed E-state index contributed by atoms with van der Waals surface area (Å²) in [6.45, 7) is -0.00282. The second kappa shape index (κ2) is 9.96. The molecule has 1 saturated heterocycles. The highest BCUT2D eigenvalue weighted by Crippen LogP contribution is 2.42. The van der Waals surface area contributed by atoms with Gasteiger partial charge in [0, 0.05) is 0 Å². The topological polar surface area (TPSA) is 129 Å². The zero-order valence-corrected chi connectivity index (χ0v) is 20.4. The van der Waals surface area contributed by atoms with Gasteiger partial charge in [-0.25, -0.2) is 15.0 Å². The Hall–Kier alpha value is -4.15. The van der Waals surface area contributed by atoms with E-state index >= 15 is 0 Å². The molecule has 5 aromatic rings. The van der Waals surface area contributed by atoms with Crippen LogP contribution in [0.15, 0.2) is 104 Å². The lowest BCUT2D eigenvalue weighted by Crippen LogP contribution is -2.39. The number of imidazole rings is 1. The molecule has 0 bridgehead atoms. The number of hydrogen-bond donors (Lipinski definition) is 3. The van der Waals surface area contributed by atoms with Crippen LogP contribution in [-0.2, 0) is 15.1 Å². The van der Waals surface area contributed by atoms with Gasteiger partial charge in [-0.15, -0.1) is 0 Å². The summed E-state index contributed by atoms with van der Waals surface area (Å²) < 4.78 is 14.5. The van der Waals surface area contributed by atoms with Crippen molar-refractivity contribution in [2.45, 2.75) is 30.1 Å². The van der Waals surface area contributed by atoms with E-state index in [4.69, 9.17) is 15.2 Å². The fourth-order valence-corrected chi connectivity index (χ4v) is 5.13. The highest BCUT2D eigenvalue weighted by atomic mass is 16.6. The number of nitrogens with two attached hydrogens (primary N) is 1. The maximum Gasteiger partial charge on any atom is 0.167 e. The molecule has 3 heterocycles. The van der Waals surface area contributed by atoms with E-state index in [0.717, 1.165) is 16.7 Å². The average molecular weight is 510 g/mol. The number of rotatable bonds is 7. The summed E-state index contributed by atoms with van der Waals surface area (Å²) in [4.78, 5) is 12.5. The highest BCUT2D eigenvalue weighted by Gasteiger charge is 2.46. The quantitative estimate of drug-likeness (QED) is 0.286. The minimum Gasteiger partial charge on any atom is -0.387 e. The second-order valence-corrected chi connectivity index (χ2v) is 9.22. The zero-order valence-electron chi connectivity index (χ0n) is 20.4. The fourth-order valence-electron chi connectivity index (χ4n) is 5.13. The molecule has 6 rings (SSSR count). The molecule has 9 nitrogen and oxygen atoms in total. The van der Waals surface area contributed by atoms with Gasteiger partial charge in [0.1, 0.15) is 35.8 Å². The lowest BCUT2D eigenvalue weighted by Gasteiger charge is -2.37. The molecule has 0 aliphatic carbocycles.